The lowest BCUT2D eigenvalue weighted by molar-refractivity contribution is 0.304. The van der Waals surface area contributed by atoms with Crippen LogP contribution in [0, 0.1) is 5.92 Å². The number of aliphatic hydroxyl groups excluding tert-OH is 2. The van der Waals surface area contributed by atoms with Gasteiger partial charge in [0.2, 0.25) is 0 Å². The number of aromatic nitrogens is 2. The molecule has 1 aromatic rings. The van der Waals surface area contributed by atoms with E-state index in [9.17, 15) is 15.3 Å². The monoisotopic (exact) mass is 278 g/mol. The molecule has 1 atom stereocenters. The SMILES string of the molecule is OC1=C(C2CNCC(c3n[nH]cc3O)=C2O)CCNC1. The summed E-state index contributed by atoms with van der Waals surface area (Å²) in [7, 11) is 0. The molecule has 3 heterocycles. The predicted molar refractivity (Wildman–Crippen MR) is 73.3 cm³/mol. The van der Waals surface area contributed by atoms with Crippen molar-refractivity contribution in [3.05, 3.63) is 29.0 Å². The minimum atomic E-state index is -0.267. The van der Waals surface area contributed by atoms with Crippen molar-refractivity contribution in [2.24, 2.45) is 5.92 Å². The highest BCUT2D eigenvalue weighted by Crippen LogP contribution is 2.34. The van der Waals surface area contributed by atoms with E-state index >= 15 is 0 Å². The Morgan fingerprint density at radius 2 is 2.00 bits per heavy atom. The number of nitrogens with zero attached hydrogens (tertiary/aromatic N) is 1. The van der Waals surface area contributed by atoms with Gasteiger partial charge < -0.3 is 26.0 Å². The minimum Gasteiger partial charge on any atom is -0.511 e. The number of hydrogen-bond donors (Lipinski definition) is 6. The summed E-state index contributed by atoms with van der Waals surface area (Å²) in [5, 5.41) is 43.1. The Morgan fingerprint density at radius 1 is 1.15 bits per heavy atom. The fourth-order valence-corrected chi connectivity index (χ4v) is 2.80. The smallest absolute Gasteiger partial charge is 0.161 e. The molecule has 2 aliphatic heterocycles. The molecule has 0 radical (unpaired) electrons. The van der Waals surface area contributed by atoms with Crippen LogP contribution >= 0.6 is 0 Å². The molecule has 3 rings (SSSR count). The van der Waals surface area contributed by atoms with Crippen LogP contribution in [0.3, 0.4) is 0 Å². The standard InChI is InChI=1S/C13H18N4O3/c18-10-5-14-2-1-7(10)8-3-15-4-9(13(8)20)12-11(19)6-16-17-12/h6,8,14-15,18-20H,1-5H2,(H,16,17). The Morgan fingerprint density at radius 3 is 2.70 bits per heavy atom. The molecule has 0 saturated heterocycles. The third-order valence-electron chi connectivity index (χ3n) is 3.85. The lowest BCUT2D eigenvalue weighted by Gasteiger charge is -2.30. The fourth-order valence-electron chi connectivity index (χ4n) is 2.80. The molecule has 7 nitrogen and oxygen atoms in total. The molecule has 6 N–H and O–H groups in total. The third-order valence-corrected chi connectivity index (χ3v) is 3.85. The van der Waals surface area contributed by atoms with Crippen LogP contribution in [0.25, 0.3) is 5.57 Å². The minimum absolute atomic E-state index is 0.0116. The fraction of sp³-hybridized carbons (Fsp3) is 0.462. The highest BCUT2D eigenvalue weighted by Gasteiger charge is 2.31. The maximum absolute atomic E-state index is 10.5. The highest BCUT2D eigenvalue weighted by molar-refractivity contribution is 5.71. The number of aromatic amines is 1. The summed E-state index contributed by atoms with van der Waals surface area (Å²) in [6.45, 7) is 2.22. The lowest BCUT2D eigenvalue weighted by atomic mass is 9.86. The maximum atomic E-state index is 10.5. The van der Waals surface area contributed by atoms with Crippen molar-refractivity contribution >= 4 is 5.57 Å². The third kappa shape index (κ3) is 2.14. The average Bonchev–Trinajstić information content (AvgIpc) is 2.86. The largest absolute Gasteiger partial charge is 0.511 e. The molecule has 0 spiro atoms. The number of nitrogens with one attached hydrogen (secondary N) is 3. The summed E-state index contributed by atoms with van der Waals surface area (Å²) in [6.07, 6.45) is 2.07. The Bertz CT molecular complexity index is 576. The normalized spacial score (nSPS) is 24.3. The van der Waals surface area contributed by atoms with Crippen molar-refractivity contribution in [3.8, 4) is 5.75 Å². The van der Waals surface area contributed by atoms with Gasteiger partial charge in [-0.25, -0.2) is 0 Å². The van der Waals surface area contributed by atoms with Gasteiger partial charge in [-0.3, -0.25) is 5.10 Å². The molecular formula is C13H18N4O3. The molecule has 0 aromatic carbocycles. The molecule has 0 fully saturated rings. The van der Waals surface area contributed by atoms with Crippen molar-refractivity contribution in [1.29, 1.82) is 0 Å². The zero-order chi connectivity index (χ0) is 14.1. The van der Waals surface area contributed by atoms with E-state index in [-0.39, 0.29) is 17.4 Å². The van der Waals surface area contributed by atoms with Gasteiger partial charge in [-0.2, -0.15) is 5.10 Å². The number of H-pyrrole nitrogens is 1. The molecule has 1 aromatic heterocycles. The zero-order valence-corrected chi connectivity index (χ0v) is 11.0. The predicted octanol–water partition coefficient (Wildman–Crippen LogP) is 0.409. The number of rotatable bonds is 2. The summed E-state index contributed by atoms with van der Waals surface area (Å²) >= 11 is 0. The van der Waals surface area contributed by atoms with E-state index in [0.717, 1.165) is 12.1 Å². The van der Waals surface area contributed by atoms with Gasteiger partial charge in [-0.05, 0) is 18.5 Å². The molecule has 0 amide bonds. The van der Waals surface area contributed by atoms with Gasteiger partial charge in [0, 0.05) is 18.7 Å². The summed E-state index contributed by atoms with van der Waals surface area (Å²) < 4.78 is 0. The summed E-state index contributed by atoms with van der Waals surface area (Å²) in [4.78, 5) is 0. The second-order valence-electron chi connectivity index (χ2n) is 5.07. The van der Waals surface area contributed by atoms with Gasteiger partial charge in [0.1, 0.15) is 17.2 Å². The van der Waals surface area contributed by atoms with E-state index < -0.39 is 0 Å². The number of aliphatic hydroxyl groups is 2. The molecule has 2 aliphatic rings. The van der Waals surface area contributed by atoms with Crippen molar-refractivity contribution < 1.29 is 15.3 Å². The van der Waals surface area contributed by atoms with Gasteiger partial charge >= 0.3 is 0 Å². The lowest BCUT2D eigenvalue weighted by Crippen LogP contribution is -2.37. The zero-order valence-electron chi connectivity index (χ0n) is 11.0. The first kappa shape index (κ1) is 13.0. The van der Waals surface area contributed by atoms with E-state index in [2.05, 4.69) is 20.8 Å². The van der Waals surface area contributed by atoms with Crippen LogP contribution in [0.1, 0.15) is 12.1 Å². The van der Waals surface area contributed by atoms with E-state index in [1.54, 1.807) is 0 Å². The first-order chi connectivity index (χ1) is 9.68. The first-order valence-corrected chi connectivity index (χ1v) is 6.66. The van der Waals surface area contributed by atoms with Crippen LogP contribution in [-0.4, -0.2) is 51.7 Å². The van der Waals surface area contributed by atoms with E-state index in [0.29, 0.717) is 43.1 Å². The van der Waals surface area contributed by atoms with Crippen molar-refractivity contribution in [2.75, 3.05) is 26.2 Å². The van der Waals surface area contributed by atoms with Gasteiger partial charge in [0.25, 0.3) is 0 Å². The summed E-state index contributed by atoms with van der Waals surface area (Å²) in [5.41, 5.74) is 1.77. The second-order valence-corrected chi connectivity index (χ2v) is 5.07. The van der Waals surface area contributed by atoms with Crippen molar-refractivity contribution in [1.82, 2.24) is 20.8 Å². The second kappa shape index (κ2) is 5.18. The molecule has 7 heteroatoms. The maximum Gasteiger partial charge on any atom is 0.161 e. The molecule has 0 aliphatic carbocycles. The van der Waals surface area contributed by atoms with Crippen LogP contribution in [0.4, 0.5) is 0 Å². The summed E-state index contributed by atoms with van der Waals surface area (Å²) in [5.74, 6) is 0.214. The van der Waals surface area contributed by atoms with Crippen LogP contribution in [0.2, 0.25) is 0 Å². The van der Waals surface area contributed by atoms with Crippen molar-refractivity contribution in [3.63, 3.8) is 0 Å². The number of aromatic hydroxyl groups is 1. The Kier molecular flexibility index (Phi) is 3.37. The Hall–Kier alpha value is -1.99. The van der Waals surface area contributed by atoms with Gasteiger partial charge in [-0.1, -0.05) is 0 Å². The van der Waals surface area contributed by atoms with Gasteiger partial charge in [0.05, 0.1) is 18.7 Å². The first-order valence-electron chi connectivity index (χ1n) is 6.66. The Balaban J connectivity index is 1.99. The van der Waals surface area contributed by atoms with Gasteiger partial charge in [-0.15, -0.1) is 0 Å². The topological polar surface area (TPSA) is 113 Å². The van der Waals surface area contributed by atoms with Crippen LogP contribution < -0.4 is 10.6 Å². The molecule has 0 bridgehead atoms. The van der Waals surface area contributed by atoms with Crippen LogP contribution in [0.5, 0.6) is 5.75 Å². The molecule has 108 valence electrons. The van der Waals surface area contributed by atoms with Crippen molar-refractivity contribution in [2.45, 2.75) is 6.42 Å². The van der Waals surface area contributed by atoms with Gasteiger partial charge in [0.15, 0.2) is 5.75 Å². The molecule has 1 unspecified atom stereocenters. The van der Waals surface area contributed by atoms with E-state index in [1.165, 1.54) is 6.20 Å². The van der Waals surface area contributed by atoms with Crippen LogP contribution in [-0.2, 0) is 0 Å². The molecule has 0 saturated carbocycles. The highest BCUT2D eigenvalue weighted by atomic mass is 16.3. The van der Waals surface area contributed by atoms with E-state index in [1.807, 2.05) is 0 Å². The van der Waals surface area contributed by atoms with Crippen LogP contribution in [0.15, 0.2) is 23.3 Å². The quantitative estimate of drug-likeness (QED) is 0.467. The molecule has 20 heavy (non-hydrogen) atoms. The van der Waals surface area contributed by atoms with E-state index in [4.69, 9.17) is 0 Å². The average molecular weight is 278 g/mol. The Labute approximate surface area is 116 Å². The molecular weight excluding hydrogens is 260 g/mol. The summed E-state index contributed by atoms with van der Waals surface area (Å²) in [6, 6.07) is 0. The number of hydrogen-bond acceptors (Lipinski definition) is 6.